The van der Waals surface area contributed by atoms with Crippen LogP contribution in [0.2, 0.25) is 0 Å². The topological polar surface area (TPSA) is 62.7 Å². The van der Waals surface area contributed by atoms with Gasteiger partial charge >= 0.3 is 0 Å². The lowest BCUT2D eigenvalue weighted by molar-refractivity contribution is 0.854. The highest BCUT2D eigenvalue weighted by atomic mass is 32.1. The molecule has 18 heavy (non-hydrogen) atoms. The maximum Gasteiger partial charge on any atom is 0.132 e. The summed E-state index contributed by atoms with van der Waals surface area (Å²) in [5.74, 6) is 2.42. The van der Waals surface area contributed by atoms with Gasteiger partial charge in [-0.25, -0.2) is 15.0 Å². The highest BCUT2D eigenvalue weighted by Crippen LogP contribution is 2.20. The van der Waals surface area contributed by atoms with Crippen LogP contribution in [0.4, 0.5) is 11.6 Å². The van der Waals surface area contributed by atoms with Crippen molar-refractivity contribution >= 4 is 23.0 Å². The number of nitrogens with zero attached hydrogens (tertiary/aromatic N) is 3. The van der Waals surface area contributed by atoms with Crippen LogP contribution in [-0.4, -0.2) is 21.5 Å². The largest absolute Gasteiger partial charge is 0.370 e. The van der Waals surface area contributed by atoms with E-state index >= 15 is 0 Å². The number of thiazole rings is 1. The van der Waals surface area contributed by atoms with E-state index in [9.17, 15) is 0 Å². The van der Waals surface area contributed by atoms with Gasteiger partial charge in [-0.15, -0.1) is 11.3 Å². The highest BCUT2D eigenvalue weighted by Gasteiger charge is 2.09. The quantitative estimate of drug-likeness (QED) is 0.868. The molecule has 0 amide bonds. The molecule has 0 aliphatic rings. The lowest BCUT2D eigenvalue weighted by Crippen LogP contribution is -2.10. The molecule has 0 aliphatic carbocycles. The molecule has 0 spiro atoms. The monoisotopic (exact) mass is 263 g/mol. The maximum absolute atomic E-state index is 4.38. The standard InChI is InChI=1S/C12H17N5S/c1-4-13-10-7-11(17-9(3)16-10)15-8(2)12-14-5-6-18-12/h5-8H,4H2,1-3H3,(H2,13,15,16,17). The first kappa shape index (κ1) is 12.8. The Balaban J connectivity index is 2.13. The van der Waals surface area contributed by atoms with E-state index in [0.29, 0.717) is 0 Å². The summed E-state index contributed by atoms with van der Waals surface area (Å²) in [7, 11) is 0. The van der Waals surface area contributed by atoms with Gasteiger partial charge in [-0.1, -0.05) is 0 Å². The van der Waals surface area contributed by atoms with E-state index < -0.39 is 0 Å². The first-order chi connectivity index (χ1) is 8.69. The highest BCUT2D eigenvalue weighted by molar-refractivity contribution is 7.09. The maximum atomic E-state index is 4.38. The first-order valence-corrected chi connectivity index (χ1v) is 6.82. The Kier molecular flexibility index (Phi) is 4.09. The molecule has 2 N–H and O–H groups in total. The lowest BCUT2D eigenvalue weighted by Gasteiger charge is -2.13. The number of aromatic nitrogens is 3. The van der Waals surface area contributed by atoms with E-state index in [0.717, 1.165) is 29.0 Å². The van der Waals surface area contributed by atoms with E-state index in [1.54, 1.807) is 11.3 Å². The predicted molar refractivity (Wildman–Crippen MR) is 75.1 cm³/mol. The Bertz CT molecular complexity index is 497. The van der Waals surface area contributed by atoms with Gasteiger partial charge in [-0.05, 0) is 20.8 Å². The third kappa shape index (κ3) is 3.16. The second kappa shape index (κ2) is 5.77. The summed E-state index contributed by atoms with van der Waals surface area (Å²) >= 11 is 1.64. The SMILES string of the molecule is CCNc1cc(NC(C)c2nccs2)nc(C)n1. The van der Waals surface area contributed by atoms with Gasteiger partial charge in [0.15, 0.2) is 0 Å². The smallest absolute Gasteiger partial charge is 0.132 e. The van der Waals surface area contributed by atoms with Crippen molar-refractivity contribution in [2.24, 2.45) is 0 Å². The molecule has 0 bridgehead atoms. The molecule has 1 unspecified atom stereocenters. The van der Waals surface area contributed by atoms with E-state index in [1.807, 2.05) is 31.5 Å². The molecule has 2 aromatic rings. The Morgan fingerprint density at radius 3 is 2.78 bits per heavy atom. The van der Waals surface area contributed by atoms with Gasteiger partial charge in [-0.2, -0.15) is 0 Å². The zero-order valence-electron chi connectivity index (χ0n) is 10.8. The number of hydrogen-bond donors (Lipinski definition) is 2. The van der Waals surface area contributed by atoms with Crippen molar-refractivity contribution in [2.75, 3.05) is 17.2 Å². The van der Waals surface area contributed by atoms with Crippen LogP contribution in [0.5, 0.6) is 0 Å². The summed E-state index contributed by atoms with van der Waals surface area (Å²) in [5, 5.41) is 9.56. The fourth-order valence-electron chi connectivity index (χ4n) is 1.65. The van der Waals surface area contributed by atoms with Gasteiger partial charge < -0.3 is 10.6 Å². The molecule has 0 aliphatic heterocycles. The van der Waals surface area contributed by atoms with Gasteiger partial charge in [0.1, 0.15) is 22.5 Å². The molecular weight excluding hydrogens is 246 g/mol. The van der Waals surface area contributed by atoms with Gasteiger partial charge in [-0.3, -0.25) is 0 Å². The molecule has 96 valence electrons. The molecule has 0 saturated heterocycles. The summed E-state index contributed by atoms with van der Waals surface area (Å²) in [6.45, 7) is 6.85. The summed E-state index contributed by atoms with van der Waals surface area (Å²) in [4.78, 5) is 13.0. The number of hydrogen-bond acceptors (Lipinski definition) is 6. The summed E-state index contributed by atoms with van der Waals surface area (Å²) in [6.07, 6.45) is 1.81. The number of anilines is 2. The third-order valence-electron chi connectivity index (χ3n) is 2.38. The lowest BCUT2D eigenvalue weighted by atomic mass is 10.3. The fourth-order valence-corrected chi connectivity index (χ4v) is 2.29. The van der Waals surface area contributed by atoms with Crippen LogP contribution in [0.3, 0.4) is 0 Å². The molecule has 1 atom stereocenters. The van der Waals surface area contributed by atoms with Gasteiger partial charge in [0.2, 0.25) is 0 Å². The van der Waals surface area contributed by atoms with Gasteiger partial charge in [0, 0.05) is 24.2 Å². The van der Waals surface area contributed by atoms with Crippen molar-refractivity contribution in [2.45, 2.75) is 26.8 Å². The molecule has 0 fully saturated rings. The Morgan fingerprint density at radius 1 is 1.33 bits per heavy atom. The predicted octanol–water partition coefficient (Wildman–Crippen LogP) is 2.85. The van der Waals surface area contributed by atoms with Crippen LogP contribution in [0.15, 0.2) is 17.6 Å². The van der Waals surface area contributed by atoms with Gasteiger partial charge in [0.25, 0.3) is 0 Å². The molecular formula is C12H17N5S. The minimum absolute atomic E-state index is 0.147. The van der Waals surface area contributed by atoms with Crippen molar-refractivity contribution in [1.82, 2.24) is 15.0 Å². The van der Waals surface area contributed by atoms with Crippen LogP contribution in [0, 0.1) is 6.92 Å². The van der Waals surface area contributed by atoms with E-state index in [2.05, 4.69) is 32.5 Å². The third-order valence-corrected chi connectivity index (χ3v) is 3.34. The molecule has 6 heteroatoms. The molecule has 5 nitrogen and oxygen atoms in total. The van der Waals surface area contributed by atoms with Crippen LogP contribution < -0.4 is 10.6 Å². The van der Waals surface area contributed by atoms with Crippen LogP contribution >= 0.6 is 11.3 Å². The van der Waals surface area contributed by atoms with Crippen LogP contribution in [0.1, 0.15) is 30.7 Å². The summed E-state index contributed by atoms with van der Waals surface area (Å²) < 4.78 is 0. The van der Waals surface area contributed by atoms with E-state index in [1.165, 1.54) is 0 Å². The molecule has 2 rings (SSSR count). The van der Waals surface area contributed by atoms with Crippen molar-refractivity contribution in [3.8, 4) is 0 Å². The average molecular weight is 263 g/mol. The van der Waals surface area contributed by atoms with E-state index in [-0.39, 0.29) is 6.04 Å². The van der Waals surface area contributed by atoms with Crippen molar-refractivity contribution in [1.29, 1.82) is 0 Å². The number of nitrogens with one attached hydrogen (secondary N) is 2. The second-order valence-corrected chi connectivity index (χ2v) is 4.88. The normalized spacial score (nSPS) is 12.2. The molecule has 0 aromatic carbocycles. The Morgan fingerprint density at radius 2 is 2.11 bits per heavy atom. The second-order valence-electron chi connectivity index (χ2n) is 3.95. The molecule has 0 saturated carbocycles. The Labute approximate surface area is 111 Å². The van der Waals surface area contributed by atoms with Crippen LogP contribution in [0.25, 0.3) is 0 Å². The fraction of sp³-hybridized carbons (Fsp3) is 0.417. The number of aryl methyl sites for hydroxylation is 1. The van der Waals surface area contributed by atoms with E-state index in [4.69, 9.17) is 0 Å². The van der Waals surface area contributed by atoms with Crippen LogP contribution in [-0.2, 0) is 0 Å². The van der Waals surface area contributed by atoms with Crippen molar-refractivity contribution in [3.63, 3.8) is 0 Å². The summed E-state index contributed by atoms with van der Waals surface area (Å²) in [6, 6.07) is 2.06. The molecule has 0 radical (unpaired) electrons. The minimum atomic E-state index is 0.147. The molecule has 2 aromatic heterocycles. The number of rotatable bonds is 5. The molecule has 2 heterocycles. The summed E-state index contributed by atoms with van der Waals surface area (Å²) in [5.41, 5.74) is 0. The Hall–Kier alpha value is -1.69. The van der Waals surface area contributed by atoms with Crippen molar-refractivity contribution in [3.05, 3.63) is 28.5 Å². The van der Waals surface area contributed by atoms with Crippen molar-refractivity contribution < 1.29 is 0 Å². The van der Waals surface area contributed by atoms with Gasteiger partial charge in [0.05, 0.1) is 6.04 Å². The minimum Gasteiger partial charge on any atom is -0.370 e. The zero-order chi connectivity index (χ0) is 13.0. The first-order valence-electron chi connectivity index (χ1n) is 5.94. The zero-order valence-corrected chi connectivity index (χ0v) is 11.6. The average Bonchev–Trinajstić information content (AvgIpc) is 2.81.